The molecule has 7 nitrogen and oxygen atoms in total. The van der Waals surface area contributed by atoms with Crippen LogP contribution in [-0.2, 0) is 14.3 Å². The lowest BCUT2D eigenvalue weighted by Gasteiger charge is -2.25. The van der Waals surface area contributed by atoms with Gasteiger partial charge in [0.2, 0.25) is 0 Å². The monoisotopic (exact) mass is 438 g/mol. The molecule has 1 fully saturated rings. The maximum Gasteiger partial charge on any atom is 0.295 e. The van der Waals surface area contributed by atoms with Gasteiger partial charge in [-0.3, -0.25) is 14.6 Å². The summed E-state index contributed by atoms with van der Waals surface area (Å²) in [4.78, 5) is 31.7. The second kappa shape index (κ2) is 9.96. The molecule has 0 spiro atoms. The first-order chi connectivity index (χ1) is 15.3. The smallest absolute Gasteiger partial charge is 0.295 e. The Hall–Kier alpha value is -3.19. The van der Waals surface area contributed by atoms with Crippen LogP contribution in [0.4, 0.5) is 0 Å². The summed E-state index contributed by atoms with van der Waals surface area (Å²) in [6, 6.07) is 6.42. The number of carbonyl (C=O) groups is 2. The molecule has 1 atom stereocenters. The fourth-order valence-electron chi connectivity index (χ4n) is 3.96. The maximum absolute atomic E-state index is 13.1. The molecule has 0 radical (unpaired) electrons. The van der Waals surface area contributed by atoms with E-state index in [0.717, 1.165) is 11.1 Å². The van der Waals surface area contributed by atoms with Gasteiger partial charge in [-0.05, 0) is 69.0 Å². The number of aromatic nitrogens is 1. The van der Waals surface area contributed by atoms with Gasteiger partial charge < -0.3 is 19.5 Å². The van der Waals surface area contributed by atoms with Crippen molar-refractivity contribution in [2.75, 3.05) is 20.3 Å². The van der Waals surface area contributed by atoms with Gasteiger partial charge in [-0.25, -0.2) is 0 Å². The van der Waals surface area contributed by atoms with Crippen LogP contribution in [0, 0.1) is 13.8 Å². The van der Waals surface area contributed by atoms with Crippen LogP contribution in [-0.4, -0.2) is 53.0 Å². The van der Waals surface area contributed by atoms with Gasteiger partial charge in [-0.15, -0.1) is 0 Å². The van der Waals surface area contributed by atoms with Crippen LogP contribution < -0.4 is 4.74 Å². The Kier molecular flexibility index (Phi) is 7.30. The van der Waals surface area contributed by atoms with Crippen molar-refractivity contribution >= 4 is 17.4 Å². The van der Waals surface area contributed by atoms with Crippen molar-refractivity contribution in [2.45, 2.75) is 46.3 Å². The van der Waals surface area contributed by atoms with Crippen LogP contribution in [0.15, 0.2) is 42.2 Å². The van der Waals surface area contributed by atoms with Gasteiger partial charge in [-0.2, -0.15) is 0 Å². The topological polar surface area (TPSA) is 89.0 Å². The highest BCUT2D eigenvalue weighted by Crippen LogP contribution is 2.40. The van der Waals surface area contributed by atoms with Crippen LogP contribution in [0.3, 0.4) is 0 Å². The Labute approximate surface area is 188 Å². The standard InChI is InChI=1S/C25H30N2O5/c1-15(2)32-11-7-10-27-22(18-8-6-9-26-14-18)21(24(29)25(27)30)23(28)19-12-17(4)20(31-5)13-16(19)3/h6,8-9,12-15,22,28H,7,10-11H2,1-5H3/b23-21+. The number of likely N-dealkylation sites (tertiary alicyclic amines) is 1. The Morgan fingerprint density at radius 2 is 1.97 bits per heavy atom. The lowest BCUT2D eigenvalue weighted by Crippen LogP contribution is -2.31. The Bertz CT molecular complexity index is 1030. The minimum atomic E-state index is -0.718. The summed E-state index contributed by atoms with van der Waals surface area (Å²) in [6.07, 6.45) is 3.90. The Balaban J connectivity index is 2.07. The second-order valence-corrected chi connectivity index (χ2v) is 8.19. The number of amides is 1. The molecule has 0 bridgehead atoms. The molecule has 1 aromatic carbocycles. The van der Waals surface area contributed by atoms with E-state index in [1.54, 1.807) is 37.7 Å². The molecular weight excluding hydrogens is 408 g/mol. The molecule has 1 unspecified atom stereocenters. The second-order valence-electron chi connectivity index (χ2n) is 8.19. The van der Waals surface area contributed by atoms with E-state index in [4.69, 9.17) is 9.47 Å². The van der Waals surface area contributed by atoms with E-state index >= 15 is 0 Å². The highest BCUT2D eigenvalue weighted by Gasteiger charge is 2.46. The van der Waals surface area contributed by atoms with Gasteiger partial charge in [0.15, 0.2) is 0 Å². The Morgan fingerprint density at radius 1 is 1.22 bits per heavy atom. The number of nitrogens with zero attached hydrogens (tertiary/aromatic N) is 2. The first-order valence-corrected chi connectivity index (χ1v) is 10.7. The van der Waals surface area contributed by atoms with E-state index in [2.05, 4.69) is 4.98 Å². The normalized spacial score (nSPS) is 17.9. The van der Waals surface area contributed by atoms with Gasteiger partial charge in [0.05, 0.1) is 24.8 Å². The lowest BCUT2D eigenvalue weighted by atomic mass is 9.93. The quantitative estimate of drug-likeness (QED) is 0.291. The highest BCUT2D eigenvalue weighted by atomic mass is 16.5. The molecular formula is C25H30N2O5. The van der Waals surface area contributed by atoms with Crippen molar-refractivity contribution in [2.24, 2.45) is 0 Å². The third-order valence-electron chi connectivity index (χ3n) is 5.53. The zero-order chi connectivity index (χ0) is 23.4. The third kappa shape index (κ3) is 4.67. The SMILES string of the molecule is COc1cc(C)c(/C(O)=C2\C(=O)C(=O)N(CCCOC(C)C)C2c2cccnc2)cc1C. The zero-order valence-electron chi connectivity index (χ0n) is 19.2. The third-order valence-corrected chi connectivity index (χ3v) is 5.53. The van der Waals surface area contributed by atoms with Crippen molar-refractivity contribution in [3.63, 3.8) is 0 Å². The zero-order valence-corrected chi connectivity index (χ0v) is 19.2. The van der Waals surface area contributed by atoms with Gasteiger partial charge in [-0.1, -0.05) is 6.07 Å². The Morgan fingerprint density at radius 3 is 2.59 bits per heavy atom. The number of rotatable bonds is 8. The first-order valence-electron chi connectivity index (χ1n) is 10.7. The average molecular weight is 439 g/mol. The summed E-state index contributed by atoms with van der Waals surface area (Å²) in [7, 11) is 1.58. The molecule has 0 saturated carbocycles. The van der Waals surface area contributed by atoms with Gasteiger partial charge in [0.1, 0.15) is 11.5 Å². The molecule has 3 rings (SSSR count). The number of ether oxygens (including phenoxy) is 2. The van der Waals surface area contributed by atoms with Gasteiger partial charge in [0, 0.05) is 31.1 Å². The first kappa shape index (κ1) is 23.5. The summed E-state index contributed by atoms with van der Waals surface area (Å²) >= 11 is 0. The molecule has 1 saturated heterocycles. The minimum absolute atomic E-state index is 0.0699. The van der Waals surface area contributed by atoms with E-state index < -0.39 is 17.7 Å². The fraction of sp³-hybridized carbons (Fsp3) is 0.400. The summed E-state index contributed by atoms with van der Waals surface area (Å²) in [5, 5.41) is 11.3. The average Bonchev–Trinajstić information content (AvgIpc) is 3.02. The van der Waals surface area contributed by atoms with E-state index in [9.17, 15) is 14.7 Å². The van der Waals surface area contributed by atoms with E-state index in [1.807, 2.05) is 33.8 Å². The molecule has 170 valence electrons. The number of pyridine rings is 1. The van der Waals surface area contributed by atoms with E-state index in [-0.39, 0.29) is 17.4 Å². The van der Waals surface area contributed by atoms with Crippen molar-refractivity contribution in [3.05, 3.63) is 64.5 Å². The number of methoxy groups -OCH3 is 1. The molecule has 1 aliphatic rings. The largest absolute Gasteiger partial charge is 0.507 e. The number of hydrogen-bond donors (Lipinski definition) is 1. The van der Waals surface area contributed by atoms with Crippen LogP contribution in [0.25, 0.3) is 5.76 Å². The van der Waals surface area contributed by atoms with Crippen LogP contribution in [0.2, 0.25) is 0 Å². The number of benzene rings is 1. The maximum atomic E-state index is 13.1. The number of aliphatic hydroxyl groups is 1. The number of carbonyl (C=O) groups excluding carboxylic acids is 2. The molecule has 2 heterocycles. The van der Waals surface area contributed by atoms with Crippen LogP contribution in [0.1, 0.15) is 48.6 Å². The lowest BCUT2D eigenvalue weighted by molar-refractivity contribution is -0.140. The molecule has 2 aromatic rings. The summed E-state index contributed by atoms with van der Waals surface area (Å²) < 4.78 is 10.9. The molecule has 7 heteroatoms. The number of aryl methyl sites for hydroxylation is 2. The van der Waals surface area contributed by atoms with Crippen molar-refractivity contribution < 1.29 is 24.2 Å². The summed E-state index contributed by atoms with van der Waals surface area (Å²) in [6.45, 7) is 8.38. The molecule has 0 aliphatic carbocycles. The highest BCUT2D eigenvalue weighted by molar-refractivity contribution is 6.46. The molecule has 1 amide bonds. The van der Waals surface area contributed by atoms with E-state index in [0.29, 0.717) is 36.4 Å². The predicted octanol–water partition coefficient (Wildman–Crippen LogP) is 3.94. The predicted molar refractivity (Wildman–Crippen MR) is 121 cm³/mol. The molecule has 1 N–H and O–H groups in total. The van der Waals surface area contributed by atoms with Crippen LogP contribution >= 0.6 is 0 Å². The van der Waals surface area contributed by atoms with Gasteiger partial charge in [0.25, 0.3) is 11.7 Å². The summed E-state index contributed by atoms with van der Waals surface area (Å²) in [5.74, 6) is -0.836. The van der Waals surface area contributed by atoms with Crippen molar-refractivity contribution in [1.82, 2.24) is 9.88 Å². The van der Waals surface area contributed by atoms with Gasteiger partial charge >= 0.3 is 0 Å². The van der Waals surface area contributed by atoms with Crippen molar-refractivity contribution in [3.8, 4) is 5.75 Å². The number of hydrogen-bond acceptors (Lipinski definition) is 6. The van der Waals surface area contributed by atoms with Crippen molar-refractivity contribution in [1.29, 1.82) is 0 Å². The minimum Gasteiger partial charge on any atom is -0.507 e. The number of Topliss-reactive ketones (excluding diaryl/α,β-unsaturated/α-hetero) is 1. The molecule has 1 aromatic heterocycles. The number of aliphatic hydroxyl groups excluding tert-OH is 1. The number of ketones is 1. The summed E-state index contributed by atoms with van der Waals surface area (Å²) in [5.41, 5.74) is 2.80. The molecule has 32 heavy (non-hydrogen) atoms. The van der Waals surface area contributed by atoms with E-state index in [1.165, 1.54) is 4.90 Å². The molecule has 1 aliphatic heterocycles. The fourth-order valence-corrected chi connectivity index (χ4v) is 3.96. The van der Waals surface area contributed by atoms with Crippen LogP contribution in [0.5, 0.6) is 5.75 Å².